The van der Waals surface area contributed by atoms with Gasteiger partial charge in [-0.2, -0.15) is 0 Å². The smallest absolute Gasteiger partial charge is 0.414 e. The lowest BCUT2D eigenvalue weighted by Crippen LogP contribution is -2.34. The summed E-state index contributed by atoms with van der Waals surface area (Å²) in [6.07, 6.45) is 1.14. The Balaban J connectivity index is 2.38. The highest BCUT2D eigenvalue weighted by molar-refractivity contribution is 9.11. The van der Waals surface area contributed by atoms with Gasteiger partial charge in [0.05, 0.1) is 11.5 Å². The van der Waals surface area contributed by atoms with Gasteiger partial charge in [-0.15, -0.1) is 0 Å². The molecule has 1 aromatic heterocycles. The number of hydrogen-bond donors (Lipinski definition) is 1. The number of pyridine rings is 1. The lowest BCUT2D eigenvalue weighted by atomic mass is 10.1. The average Bonchev–Trinajstić information content (AvgIpc) is 2.67. The molecular weight excluding hydrogens is 526 g/mol. The number of carbonyl (C=O) groups excluding carboxylic acids is 1. The van der Waals surface area contributed by atoms with Crippen molar-refractivity contribution in [3.63, 3.8) is 0 Å². The zero-order valence-electron chi connectivity index (χ0n) is 16.0. The summed E-state index contributed by atoms with van der Waals surface area (Å²) < 4.78 is 10.8. The third-order valence-corrected chi connectivity index (χ3v) is 4.82. The number of benzene rings is 1. The van der Waals surface area contributed by atoms with Gasteiger partial charge in [0.2, 0.25) is 0 Å². The molecule has 1 aromatic carbocycles. The molecule has 0 saturated heterocycles. The minimum atomic E-state index is -0.729. The van der Waals surface area contributed by atoms with E-state index in [9.17, 15) is 20.0 Å². The van der Waals surface area contributed by atoms with Gasteiger partial charge in [-0.1, -0.05) is 18.7 Å². The van der Waals surface area contributed by atoms with Crippen molar-refractivity contribution in [1.82, 2.24) is 4.98 Å². The number of amides is 1. The minimum Gasteiger partial charge on any atom is -0.504 e. The van der Waals surface area contributed by atoms with E-state index < -0.39 is 11.0 Å². The number of anilines is 1. The molecule has 11 heteroatoms. The van der Waals surface area contributed by atoms with Crippen molar-refractivity contribution >= 4 is 49.3 Å². The first-order chi connectivity index (χ1) is 14.3. The van der Waals surface area contributed by atoms with E-state index in [-0.39, 0.29) is 47.2 Å². The van der Waals surface area contributed by atoms with E-state index in [1.165, 1.54) is 17.0 Å². The third-order valence-electron chi connectivity index (χ3n) is 3.87. The Morgan fingerprint density at radius 1 is 1.40 bits per heavy atom. The second kappa shape index (κ2) is 10.9. The molecule has 1 N–H and O–H groups in total. The fourth-order valence-corrected chi connectivity index (χ4v) is 3.74. The average molecular weight is 545 g/mol. The Morgan fingerprint density at radius 2 is 2.13 bits per heavy atom. The number of rotatable bonds is 9. The molecule has 9 nitrogen and oxygen atoms in total. The van der Waals surface area contributed by atoms with Gasteiger partial charge in [0.15, 0.2) is 16.1 Å². The molecule has 30 heavy (non-hydrogen) atoms. The minimum absolute atomic E-state index is 0.0177. The first-order valence-corrected chi connectivity index (χ1v) is 10.4. The Kier molecular flexibility index (Phi) is 8.60. The molecule has 0 unspecified atom stereocenters. The van der Waals surface area contributed by atoms with E-state index in [1.807, 2.05) is 0 Å². The van der Waals surface area contributed by atoms with Gasteiger partial charge in [-0.3, -0.25) is 15.0 Å². The summed E-state index contributed by atoms with van der Waals surface area (Å²) in [4.78, 5) is 28.7. The van der Waals surface area contributed by atoms with Crippen LogP contribution >= 0.6 is 31.9 Å². The zero-order chi connectivity index (χ0) is 22.3. The van der Waals surface area contributed by atoms with Crippen LogP contribution in [-0.2, 0) is 11.2 Å². The molecule has 0 bridgehead atoms. The normalized spacial score (nSPS) is 10.4. The summed E-state index contributed by atoms with van der Waals surface area (Å²) in [6, 6.07) is 6.17. The molecule has 1 heterocycles. The molecule has 2 aromatic rings. The molecule has 160 valence electrons. The van der Waals surface area contributed by atoms with Crippen molar-refractivity contribution in [2.45, 2.75) is 13.3 Å². The maximum Gasteiger partial charge on any atom is 0.414 e. The summed E-state index contributed by atoms with van der Waals surface area (Å²) in [5.41, 5.74) is 0.428. The van der Waals surface area contributed by atoms with Gasteiger partial charge in [0, 0.05) is 12.6 Å². The Morgan fingerprint density at radius 3 is 2.77 bits per heavy atom. The predicted octanol–water partition coefficient (Wildman–Crippen LogP) is 4.99. The number of halogens is 2. The SMILES string of the molecule is C=CCOc1cc(CCN(C(=O)OCC)c2cc(Br)nc(Br)c2[N+](=O)[O-])ccc1O. The summed E-state index contributed by atoms with van der Waals surface area (Å²) >= 11 is 6.27. The standard InChI is InChI=1S/C19H19Br2N3O6/c1-3-9-30-15-10-12(5-6-14(15)25)7-8-23(19(26)29-4-2)13-11-16(20)22-18(21)17(13)24(27)28/h3,5-6,10-11,25H,1,4,7-9H2,2H3. The molecule has 0 radical (unpaired) electrons. The topological polar surface area (TPSA) is 115 Å². The number of hydrogen-bond acceptors (Lipinski definition) is 7. The second-order valence-corrected chi connectivity index (χ2v) is 7.43. The largest absolute Gasteiger partial charge is 0.504 e. The fraction of sp³-hybridized carbons (Fsp3) is 0.263. The highest BCUT2D eigenvalue weighted by Crippen LogP contribution is 2.37. The quantitative estimate of drug-likeness (QED) is 0.204. The van der Waals surface area contributed by atoms with Gasteiger partial charge in [-0.25, -0.2) is 9.78 Å². The second-order valence-electron chi connectivity index (χ2n) is 5.86. The molecule has 2 rings (SSSR count). The number of aromatic nitrogens is 1. The van der Waals surface area contributed by atoms with Gasteiger partial charge < -0.3 is 14.6 Å². The molecule has 0 aliphatic rings. The van der Waals surface area contributed by atoms with Crippen LogP contribution in [0.25, 0.3) is 0 Å². The number of nitrogens with zero attached hydrogens (tertiary/aromatic N) is 3. The van der Waals surface area contributed by atoms with E-state index in [0.717, 1.165) is 5.56 Å². The van der Waals surface area contributed by atoms with E-state index in [4.69, 9.17) is 9.47 Å². The number of aromatic hydroxyl groups is 1. The number of nitro groups is 1. The van der Waals surface area contributed by atoms with Crippen LogP contribution in [0.15, 0.2) is 46.1 Å². The van der Waals surface area contributed by atoms with Crippen molar-refractivity contribution in [2.24, 2.45) is 0 Å². The monoisotopic (exact) mass is 543 g/mol. The van der Waals surface area contributed by atoms with E-state index in [1.54, 1.807) is 25.1 Å². The lowest BCUT2D eigenvalue weighted by Gasteiger charge is -2.22. The Labute approximate surface area is 189 Å². The van der Waals surface area contributed by atoms with Crippen LogP contribution in [-0.4, -0.2) is 40.9 Å². The third kappa shape index (κ3) is 5.92. The van der Waals surface area contributed by atoms with Crippen LogP contribution in [0.3, 0.4) is 0 Å². The van der Waals surface area contributed by atoms with Crippen molar-refractivity contribution in [3.05, 3.63) is 61.8 Å². The van der Waals surface area contributed by atoms with Crippen LogP contribution in [0.2, 0.25) is 0 Å². The highest BCUT2D eigenvalue weighted by atomic mass is 79.9. The number of carbonyl (C=O) groups is 1. The van der Waals surface area contributed by atoms with Gasteiger partial charge in [-0.05, 0) is 62.9 Å². The highest BCUT2D eigenvalue weighted by Gasteiger charge is 2.29. The number of phenolic OH excluding ortho intramolecular Hbond substituents is 1. The first kappa shape index (κ1) is 23.6. The fourth-order valence-electron chi connectivity index (χ4n) is 2.57. The van der Waals surface area contributed by atoms with Crippen molar-refractivity contribution < 1.29 is 24.3 Å². The molecule has 0 atom stereocenters. The predicted molar refractivity (Wildman–Crippen MR) is 118 cm³/mol. The van der Waals surface area contributed by atoms with Crippen LogP contribution in [0.1, 0.15) is 12.5 Å². The maximum atomic E-state index is 12.6. The van der Waals surface area contributed by atoms with Crippen LogP contribution in [0.5, 0.6) is 11.5 Å². The molecular formula is C19H19Br2N3O6. The molecule has 0 fully saturated rings. The van der Waals surface area contributed by atoms with Crippen LogP contribution in [0, 0.1) is 10.1 Å². The molecule has 1 amide bonds. The summed E-state index contributed by atoms with van der Waals surface area (Å²) in [5.74, 6) is 0.246. The van der Waals surface area contributed by atoms with Crippen molar-refractivity contribution in [1.29, 1.82) is 0 Å². The summed E-state index contributed by atoms with van der Waals surface area (Å²) in [7, 11) is 0. The van der Waals surface area contributed by atoms with Crippen LogP contribution in [0.4, 0.5) is 16.2 Å². The lowest BCUT2D eigenvalue weighted by molar-refractivity contribution is -0.385. The summed E-state index contributed by atoms with van der Waals surface area (Å²) in [6.45, 7) is 5.61. The van der Waals surface area contributed by atoms with E-state index >= 15 is 0 Å². The maximum absolute atomic E-state index is 12.6. The number of ether oxygens (including phenoxy) is 2. The molecule has 0 aliphatic carbocycles. The van der Waals surface area contributed by atoms with Gasteiger partial charge >= 0.3 is 11.8 Å². The molecule has 0 aliphatic heterocycles. The van der Waals surface area contributed by atoms with Crippen LogP contribution < -0.4 is 9.64 Å². The van der Waals surface area contributed by atoms with Gasteiger partial charge in [0.1, 0.15) is 16.9 Å². The van der Waals surface area contributed by atoms with Crippen molar-refractivity contribution in [3.8, 4) is 11.5 Å². The zero-order valence-corrected chi connectivity index (χ0v) is 19.2. The van der Waals surface area contributed by atoms with E-state index in [0.29, 0.717) is 11.0 Å². The summed E-state index contributed by atoms with van der Waals surface area (Å²) in [5, 5.41) is 21.5. The van der Waals surface area contributed by atoms with Crippen molar-refractivity contribution in [2.75, 3.05) is 24.7 Å². The Hall–Kier alpha value is -2.66. The first-order valence-electron chi connectivity index (χ1n) is 8.78. The molecule has 0 saturated carbocycles. The Bertz CT molecular complexity index is 954. The van der Waals surface area contributed by atoms with Gasteiger partial charge in [0.25, 0.3) is 0 Å². The molecule has 0 spiro atoms. The number of phenols is 1. The van der Waals surface area contributed by atoms with E-state index in [2.05, 4.69) is 43.4 Å².